The first-order valence-corrected chi connectivity index (χ1v) is 6.39. The number of aryl methyl sites for hydroxylation is 1. The van der Waals surface area contributed by atoms with E-state index in [1.165, 1.54) is 12.1 Å². The summed E-state index contributed by atoms with van der Waals surface area (Å²) in [6.45, 7) is 2.59. The largest absolute Gasteiger partial charge is 0.367 e. The molecule has 0 saturated carbocycles. The summed E-state index contributed by atoms with van der Waals surface area (Å²) in [4.78, 5) is 4.27. The van der Waals surface area contributed by atoms with Crippen molar-refractivity contribution in [2.24, 2.45) is 0 Å². The number of aromatic nitrogens is 4. The van der Waals surface area contributed by atoms with E-state index in [9.17, 15) is 4.39 Å². The van der Waals surface area contributed by atoms with E-state index in [0.29, 0.717) is 18.0 Å². The summed E-state index contributed by atoms with van der Waals surface area (Å²) in [6.07, 6.45) is 4.33. The number of hydrogen-bond acceptors (Lipinski definition) is 4. The second-order valence-electron chi connectivity index (χ2n) is 4.52. The highest BCUT2D eigenvalue weighted by molar-refractivity contribution is 5.61. The first kappa shape index (κ1) is 12.5. The zero-order valence-electron chi connectivity index (χ0n) is 11.0. The van der Waals surface area contributed by atoms with E-state index in [1.807, 2.05) is 17.5 Å². The van der Waals surface area contributed by atoms with E-state index < -0.39 is 0 Å². The van der Waals surface area contributed by atoms with Crippen molar-refractivity contribution >= 4 is 11.5 Å². The third kappa shape index (κ3) is 2.45. The van der Waals surface area contributed by atoms with E-state index in [2.05, 4.69) is 20.5 Å². The maximum atomic E-state index is 12.8. The van der Waals surface area contributed by atoms with Gasteiger partial charge in [0.2, 0.25) is 5.65 Å². The minimum atomic E-state index is -0.216. The molecule has 1 aromatic carbocycles. The molecule has 2 aromatic heterocycles. The fourth-order valence-electron chi connectivity index (χ4n) is 2.04. The standard InChI is InChI=1S/C14H14FN5/c1-10-18-19-14-13(17-8-9-20(10)14)16-7-6-11-2-4-12(15)5-3-11/h2-5,8-9H,6-7H2,1H3,(H,16,17). The number of rotatable bonds is 4. The Labute approximate surface area is 115 Å². The lowest BCUT2D eigenvalue weighted by molar-refractivity contribution is 0.627. The Morgan fingerprint density at radius 1 is 1.20 bits per heavy atom. The van der Waals surface area contributed by atoms with Gasteiger partial charge in [-0.25, -0.2) is 9.37 Å². The molecule has 20 heavy (non-hydrogen) atoms. The number of benzene rings is 1. The van der Waals surface area contributed by atoms with E-state index in [-0.39, 0.29) is 5.82 Å². The molecular weight excluding hydrogens is 257 g/mol. The maximum Gasteiger partial charge on any atom is 0.203 e. The zero-order chi connectivity index (χ0) is 13.9. The highest BCUT2D eigenvalue weighted by Crippen LogP contribution is 2.12. The number of nitrogens with zero attached hydrogens (tertiary/aromatic N) is 4. The van der Waals surface area contributed by atoms with Gasteiger partial charge >= 0.3 is 0 Å². The molecule has 0 aliphatic heterocycles. The molecule has 5 nitrogen and oxygen atoms in total. The summed E-state index contributed by atoms with van der Waals surface area (Å²) in [5, 5.41) is 11.4. The summed E-state index contributed by atoms with van der Waals surface area (Å²) in [6, 6.07) is 6.50. The van der Waals surface area contributed by atoms with E-state index >= 15 is 0 Å². The molecular formula is C14H14FN5. The molecule has 102 valence electrons. The quantitative estimate of drug-likeness (QED) is 0.790. The van der Waals surface area contributed by atoms with Crippen LogP contribution in [0.1, 0.15) is 11.4 Å². The topological polar surface area (TPSA) is 55.1 Å². The van der Waals surface area contributed by atoms with Crippen LogP contribution in [0.15, 0.2) is 36.7 Å². The fraction of sp³-hybridized carbons (Fsp3) is 0.214. The van der Waals surface area contributed by atoms with Gasteiger partial charge in [0.15, 0.2) is 5.82 Å². The van der Waals surface area contributed by atoms with Gasteiger partial charge in [-0.05, 0) is 31.0 Å². The molecule has 6 heteroatoms. The lowest BCUT2D eigenvalue weighted by atomic mass is 10.1. The predicted octanol–water partition coefficient (Wildman–Crippen LogP) is 2.23. The monoisotopic (exact) mass is 271 g/mol. The fourth-order valence-corrected chi connectivity index (χ4v) is 2.04. The first-order chi connectivity index (χ1) is 9.74. The number of hydrogen-bond donors (Lipinski definition) is 1. The molecule has 0 amide bonds. The zero-order valence-corrected chi connectivity index (χ0v) is 11.0. The van der Waals surface area contributed by atoms with Crippen LogP contribution in [-0.4, -0.2) is 26.1 Å². The minimum Gasteiger partial charge on any atom is -0.367 e. The molecule has 0 fully saturated rings. The summed E-state index contributed by atoms with van der Waals surface area (Å²) in [5.74, 6) is 1.31. The Morgan fingerprint density at radius 2 is 2.00 bits per heavy atom. The van der Waals surface area contributed by atoms with Gasteiger partial charge in [0.1, 0.15) is 11.6 Å². The molecule has 0 atom stereocenters. The van der Waals surface area contributed by atoms with Gasteiger partial charge in [-0.1, -0.05) is 12.1 Å². The highest BCUT2D eigenvalue weighted by Gasteiger charge is 2.06. The second kappa shape index (κ2) is 5.24. The van der Waals surface area contributed by atoms with Crippen molar-refractivity contribution in [1.29, 1.82) is 0 Å². The van der Waals surface area contributed by atoms with Crippen LogP contribution in [0.2, 0.25) is 0 Å². The summed E-state index contributed by atoms with van der Waals surface area (Å²) < 4.78 is 14.7. The van der Waals surface area contributed by atoms with Crippen LogP contribution >= 0.6 is 0 Å². The number of halogens is 1. The summed E-state index contributed by atoms with van der Waals surface area (Å²) >= 11 is 0. The van der Waals surface area contributed by atoms with Gasteiger partial charge in [-0.15, -0.1) is 10.2 Å². The average Bonchev–Trinajstić information content (AvgIpc) is 2.84. The summed E-state index contributed by atoms with van der Waals surface area (Å²) in [7, 11) is 0. The maximum absolute atomic E-state index is 12.8. The lowest BCUT2D eigenvalue weighted by Crippen LogP contribution is -2.08. The van der Waals surface area contributed by atoms with E-state index in [0.717, 1.165) is 17.8 Å². The Balaban J connectivity index is 1.69. The number of anilines is 1. The molecule has 3 rings (SSSR count). The normalized spacial score (nSPS) is 10.9. The lowest BCUT2D eigenvalue weighted by Gasteiger charge is -2.06. The van der Waals surface area contributed by atoms with Gasteiger partial charge in [0.25, 0.3) is 0 Å². The van der Waals surface area contributed by atoms with Crippen molar-refractivity contribution in [1.82, 2.24) is 19.6 Å². The van der Waals surface area contributed by atoms with Crippen LogP contribution in [0, 0.1) is 12.7 Å². The molecule has 0 unspecified atom stereocenters. The smallest absolute Gasteiger partial charge is 0.203 e. The van der Waals surface area contributed by atoms with Crippen LogP contribution in [0.5, 0.6) is 0 Å². The Bertz CT molecular complexity index is 720. The number of fused-ring (bicyclic) bond motifs is 1. The van der Waals surface area contributed by atoms with Crippen molar-refractivity contribution in [2.75, 3.05) is 11.9 Å². The van der Waals surface area contributed by atoms with Crippen LogP contribution in [-0.2, 0) is 6.42 Å². The Hall–Kier alpha value is -2.50. The third-order valence-electron chi connectivity index (χ3n) is 3.12. The van der Waals surface area contributed by atoms with Crippen LogP contribution in [0.3, 0.4) is 0 Å². The van der Waals surface area contributed by atoms with Gasteiger partial charge in [0, 0.05) is 18.9 Å². The second-order valence-corrected chi connectivity index (χ2v) is 4.52. The molecule has 0 saturated heterocycles. The minimum absolute atomic E-state index is 0.216. The van der Waals surface area contributed by atoms with Crippen LogP contribution < -0.4 is 5.32 Å². The summed E-state index contributed by atoms with van der Waals surface area (Å²) in [5.41, 5.74) is 1.78. The molecule has 0 radical (unpaired) electrons. The molecule has 2 heterocycles. The molecule has 1 N–H and O–H groups in total. The van der Waals surface area contributed by atoms with Crippen LogP contribution in [0.4, 0.5) is 10.2 Å². The van der Waals surface area contributed by atoms with E-state index in [1.54, 1.807) is 18.3 Å². The molecule has 0 bridgehead atoms. The first-order valence-electron chi connectivity index (χ1n) is 6.39. The predicted molar refractivity (Wildman–Crippen MR) is 74.1 cm³/mol. The average molecular weight is 271 g/mol. The van der Waals surface area contributed by atoms with Crippen molar-refractivity contribution < 1.29 is 4.39 Å². The molecule has 0 aliphatic carbocycles. The van der Waals surface area contributed by atoms with E-state index in [4.69, 9.17) is 0 Å². The van der Waals surface area contributed by atoms with Gasteiger partial charge in [-0.2, -0.15) is 0 Å². The van der Waals surface area contributed by atoms with Crippen molar-refractivity contribution in [2.45, 2.75) is 13.3 Å². The number of nitrogens with one attached hydrogen (secondary N) is 1. The van der Waals surface area contributed by atoms with Crippen molar-refractivity contribution in [3.8, 4) is 0 Å². The van der Waals surface area contributed by atoms with Gasteiger partial charge < -0.3 is 5.32 Å². The van der Waals surface area contributed by atoms with Gasteiger partial charge in [0.05, 0.1) is 0 Å². The molecule has 3 aromatic rings. The molecule has 0 aliphatic rings. The van der Waals surface area contributed by atoms with Gasteiger partial charge in [-0.3, -0.25) is 4.40 Å². The van der Waals surface area contributed by atoms with Crippen LogP contribution in [0.25, 0.3) is 5.65 Å². The SMILES string of the molecule is Cc1nnc2c(NCCc3ccc(F)cc3)nccn12. The van der Waals surface area contributed by atoms with Crippen molar-refractivity contribution in [3.63, 3.8) is 0 Å². The highest BCUT2D eigenvalue weighted by atomic mass is 19.1. The Kier molecular flexibility index (Phi) is 3.28. The molecule has 0 spiro atoms. The Morgan fingerprint density at radius 3 is 2.80 bits per heavy atom. The third-order valence-corrected chi connectivity index (χ3v) is 3.12. The van der Waals surface area contributed by atoms with Crippen molar-refractivity contribution in [3.05, 3.63) is 53.9 Å².